The van der Waals surface area contributed by atoms with Crippen LogP contribution in [0.1, 0.15) is 28.8 Å². The molecule has 178 valence electrons. The quantitative estimate of drug-likeness (QED) is 0.257. The first-order valence-electron chi connectivity index (χ1n) is 10.9. The number of fused-ring (bicyclic) bond motifs is 1. The smallest absolute Gasteiger partial charge is 0.296 e. The van der Waals surface area contributed by atoms with Gasteiger partial charge in [0.15, 0.2) is 17.3 Å². The third-order valence-corrected chi connectivity index (χ3v) is 6.10. The molecule has 1 fully saturated rings. The fraction of sp³-hybridized carbons (Fsp3) is 0.192. The number of ketones is 1. The number of benzene rings is 1. The van der Waals surface area contributed by atoms with E-state index in [4.69, 9.17) is 13.9 Å². The Morgan fingerprint density at radius 2 is 1.89 bits per heavy atom. The monoisotopic (exact) mass is 473 g/mol. The molecule has 3 aromatic heterocycles. The molecule has 1 N–H and O–H groups in total. The Hall–Kier alpha value is -4.53. The van der Waals surface area contributed by atoms with Crippen molar-refractivity contribution in [1.29, 1.82) is 0 Å². The second-order valence-corrected chi connectivity index (χ2v) is 8.10. The number of nitrogens with zero attached hydrogens (tertiary/aromatic N) is 3. The fourth-order valence-electron chi connectivity index (χ4n) is 4.51. The Balaban J connectivity index is 1.74. The number of likely N-dealkylation sites (tertiary alicyclic amines) is 1. The minimum Gasteiger partial charge on any atom is -0.505 e. The van der Waals surface area contributed by atoms with Crippen molar-refractivity contribution < 1.29 is 28.6 Å². The number of imidazole rings is 1. The number of pyridine rings is 1. The summed E-state index contributed by atoms with van der Waals surface area (Å²) in [6.45, 7) is 1.78. The number of aryl methyl sites for hydroxylation is 1. The number of aliphatic hydroxyl groups excluding tert-OH is 1. The van der Waals surface area contributed by atoms with E-state index in [9.17, 15) is 14.7 Å². The van der Waals surface area contributed by atoms with Crippen LogP contribution >= 0.6 is 0 Å². The van der Waals surface area contributed by atoms with Crippen molar-refractivity contribution in [2.75, 3.05) is 14.2 Å². The predicted molar refractivity (Wildman–Crippen MR) is 126 cm³/mol. The molecule has 0 bridgehead atoms. The van der Waals surface area contributed by atoms with Gasteiger partial charge in [-0.2, -0.15) is 0 Å². The number of furan rings is 1. The van der Waals surface area contributed by atoms with Gasteiger partial charge < -0.3 is 23.9 Å². The molecule has 1 atom stereocenters. The summed E-state index contributed by atoms with van der Waals surface area (Å²) in [7, 11) is 3.03. The molecular formula is C26H23N3O6. The molecule has 1 aromatic carbocycles. The molecule has 0 radical (unpaired) electrons. The van der Waals surface area contributed by atoms with Crippen LogP contribution in [0.5, 0.6) is 11.5 Å². The molecule has 4 aromatic rings. The van der Waals surface area contributed by atoms with Crippen LogP contribution in [-0.2, 0) is 16.1 Å². The topological polar surface area (TPSA) is 107 Å². The maximum Gasteiger partial charge on any atom is 0.296 e. The Kier molecular flexibility index (Phi) is 5.52. The van der Waals surface area contributed by atoms with Gasteiger partial charge in [0, 0.05) is 6.20 Å². The summed E-state index contributed by atoms with van der Waals surface area (Å²) in [4.78, 5) is 32.5. The van der Waals surface area contributed by atoms with Crippen molar-refractivity contribution in [2.45, 2.75) is 19.5 Å². The van der Waals surface area contributed by atoms with Crippen LogP contribution in [0.15, 0.2) is 71.0 Å². The average Bonchev–Trinajstić information content (AvgIpc) is 3.56. The highest BCUT2D eigenvalue weighted by Crippen LogP contribution is 2.43. The maximum atomic E-state index is 13.4. The number of methoxy groups -OCH3 is 2. The van der Waals surface area contributed by atoms with E-state index < -0.39 is 17.7 Å². The number of aromatic nitrogens is 2. The van der Waals surface area contributed by atoms with E-state index >= 15 is 0 Å². The minimum atomic E-state index is -0.895. The summed E-state index contributed by atoms with van der Waals surface area (Å²) in [6.07, 6.45) is 3.24. The molecule has 4 heterocycles. The molecule has 1 aliphatic rings. The molecular weight excluding hydrogens is 450 g/mol. The summed E-state index contributed by atoms with van der Waals surface area (Å²) in [5.41, 5.74) is 2.02. The normalized spacial score (nSPS) is 17.3. The highest BCUT2D eigenvalue weighted by molar-refractivity contribution is 6.46. The highest BCUT2D eigenvalue weighted by Gasteiger charge is 2.47. The number of amides is 1. The zero-order valence-corrected chi connectivity index (χ0v) is 19.4. The standard InChI is InChI=1S/C26H23N3O6/c1-15-22(28-11-5-4-8-20(28)27-15)24(30)21-23(16-9-10-18(33-2)19(13-16)34-3)29(26(32)25(21)31)14-17-7-6-12-35-17/h4-13,23,30H,14H2,1-3H3/b24-21+. The first-order chi connectivity index (χ1) is 16.9. The lowest BCUT2D eigenvalue weighted by molar-refractivity contribution is -0.140. The van der Waals surface area contributed by atoms with Crippen molar-refractivity contribution in [3.05, 3.63) is 89.3 Å². The third kappa shape index (κ3) is 3.61. The lowest BCUT2D eigenvalue weighted by atomic mass is 9.96. The Morgan fingerprint density at radius 3 is 2.60 bits per heavy atom. The van der Waals surface area contributed by atoms with E-state index in [2.05, 4.69) is 4.98 Å². The van der Waals surface area contributed by atoms with Crippen molar-refractivity contribution in [3.63, 3.8) is 0 Å². The molecule has 1 saturated heterocycles. The first-order valence-corrected chi connectivity index (χ1v) is 10.9. The number of aliphatic hydroxyl groups is 1. The Bertz CT molecular complexity index is 1470. The number of carbonyl (C=O) groups excluding carboxylic acids is 2. The average molecular weight is 473 g/mol. The SMILES string of the molecule is COc1ccc(C2/C(=C(\O)c3c(C)nc4ccccn34)C(=O)C(=O)N2Cc2ccco2)cc1OC. The van der Waals surface area contributed by atoms with Gasteiger partial charge in [-0.1, -0.05) is 12.1 Å². The second-order valence-electron chi connectivity index (χ2n) is 8.10. The van der Waals surface area contributed by atoms with E-state index in [0.29, 0.717) is 39.9 Å². The van der Waals surface area contributed by atoms with Crippen molar-refractivity contribution in [2.24, 2.45) is 0 Å². The molecule has 0 saturated carbocycles. The highest BCUT2D eigenvalue weighted by atomic mass is 16.5. The van der Waals surface area contributed by atoms with Gasteiger partial charge in [0.05, 0.1) is 44.3 Å². The summed E-state index contributed by atoms with van der Waals surface area (Å²) >= 11 is 0. The largest absolute Gasteiger partial charge is 0.505 e. The fourth-order valence-corrected chi connectivity index (χ4v) is 4.51. The molecule has 1 amide bonds. The van der Waals surface area contributed by atoms with E-state index in [0.717, 1.165) is 0 Å². The van der Waals surface area contributed by atoms with Crippen LogP contribution in [0.4, 0.5) is 0 Å². The minimum absolute atomic E-state index is 0.0393. The lowest BCUT2D eigenvalue weighted by Crippen LogP contribution is -2.29. The number of hydrogen-bond acceptors (Lipinski definition) is 7. The summed E-state index contributed by atoms with van der Waals surface area (Å²) in [5, 5.41) is 11.5. The molecule has 0 aliphatic carbocycles. The maximum absolute atomic E-state index is 13.4. The predicted octanol–water partition coefficient (Wildman–Crippen LogP) is 3.87. The van der Waals surface area contributed by atoms with Gasteiger partial charge in [0.25, 0.3) is 11.7 Å². The second kappa shape index (κ2) is 8.68. The van der Waals surface area contributed by atoms with Gasteiger partial charge >= 0.3 is 0 Å². The zero-order chi connectivity index (χ0) is 24.7. The molecule has 5 rings (SSSR count). The first kappa shape index (κ1) is 22.3. The Morgan fingerprint density at radius 1 is 1.09 bits per heavy atom. The van der Waals surface area contributed by atoms with E-state index in [1.165, 1.54) is 25.4 Å². The van der Waals surface area contributed by atoms with Gasteiger partial charge in [0.1, 0.15) is 17.1 Å². The number of ether oxygens (including phenoxy) is 2. The van der Waals surface area contributed by atoms with E-state index in [1.54, 1.807) is 60.0 Å². The third-order valence-electron chi connectivity index (χ3n) is 6.10. The lowest BCUT2D eigenvalue weighted by Gasteiger charge is -2.25. The Labute approximate surface area is 200 Å². The van der Waals surface area contributed by atoms with Crippen LogP contribution < -0.4 is 9.47 Å². The summed E-state index contributed by atoms with van der Waals surface area (Å²) in [5.74, 6) is -0.408. The van der Waals surface area contributed by atoms with Gasteiger partial charge in [-0.25, -0.2) is 4.98 Å². The van der Waals surface area contributed by atoms with Gasteiger partial charge in [-0.15, -0.1) is 0 Å². The van der Waals surface area contributed by atoms with Gasteiger partial charge in [0.2, 0.25) is 0 Å². The number of rotatable bonds is 6. The summed E-state index contributed by atoms with van der Waals surface area (Å²) < 4.78 is 17.9. The molecule has 9 nitrogen and oxygen atoms in total. The molecule has 35 heavy (non-hydrogen) atoms. The van der Waals surface area contributed by atoms with Crippen LogP contribution in [0.2, 0.25) is 0 Å². The van der Waals surface area contributed by atoms with Crippen molar-refractivity contribution >= 4 is 23.1 Å². The van der Waals surface area contributed by atoms with Crippen molar-refractivity contribution in [3.8, 4) is 11.5 Å². The summed E-state index contributed by atoms with van der Waals surface area (Å²) in [6, 6.07) is 13.1. The van der Waals surface area contributed by atoms with E-state index in [-0.39, 0.29) is 17.9 Å². The number of Topliss-reactive ketones (excluding diaryl/α,β-unsaturated/α-hetero) is 1. The molecule has 1 aliphatic heterocycles. The molecule has 0 spiro atoms. The van der Waals surface area contributed by atoms with Crippen LogP contribution in [0.25, 0.3) is 11.4 Å². The number of hydrogen-bond donors (Lipinski definition) is 1. The van der Waals surface area contributed by atoms with Crippen molar-refractivity contribution in [1.82, 2.24) is 14.3 Å². The van der Waals surface area contributed by atoms with E-state index in [1.807, 2.05) is 6.07 Å². The van der Waals surface area contributed by atoms with Crippen LogP contribution in [0, 0.1) is 6.92 Å². The van der Waals surface area contributed by atoms with Crippen LogP contribution in [0.3, 0.4) is 0 Å². The zero-order valence-electron chi connectivity index (χ0n) is 19.4. The van der Waals surface area contributed by atoms with Gasteiger partial charge in [-0.05, 0) is 48.9 Å². The molecule has 1 unspecified atom stereocenters. The van der Waals surface area contributed by atoms with Gasteiger partial charge in [-0.3, -0.25) is 14.0 Å². The number of carbonyl (C=O) groups is 2. The molecule has 9 heteroatoms. The van der Waals surface area contributed by atoms with Crippen LogP contribution in [-0.4, -0.2) is 45.3 Å².